The molecule has 0 saturated carbocycles. The summed E-state index contributed by atoms with van der Waals surface area (Å²) < 4.78 is 9.70. The van der Waals surface area contributed by atoms with Crippen LogP contribution in [0.15, 0.2) is 0 Å². The number of carbonyl (C=O) groups excluding carboxylic acids is 1. The number of ether oxygens (including phenoxy) is 2. The molecule has 3 N–H and O–H groups in total. The summed E-state index contributed by atoms with van der Waals surface area (Å²) in [5.74, 6) is -0.318. The number of carbonyl (C=O) groups is 2. The van der Waals surface area contributed by atoms with E-state index in [9.17, 15) is 9.59 Å². The molecule has 22 heavy (non-hydrogen) atoms. The number of amides is 2. The lowest BCUT2D eigenvalue weighted by Gasteiger charge is -2.29. The SMILES string of the molecule is CCOC(CCCNC(=O)C(C)(S)C(C)NC(=O)O)OCC. The topological polar surface area (TPSA) is 96.9 Å². The first-order chi connectivity index (χ1) is 10.3. The van der Waals surface area contributed by atoms with Crippen LogP contribution in [0.4, 0.5) is 4.79 Å². The van der Waals surface area contributed by atoms with E-state index in [1.165, 1.54) is 0 Å². The summed E-state index contributed by atoms with van der Waals surface area (Å²) in [6, 6.07) is -0.618. The zero-order valence-electron chi connectivity index (χ0n) is 13.7. The Bertz CT molecular complexity index is 346. The van der Waals surface area contributed by atoms with Gasteiger partial charge in [0.15, 0.2) is 6.29 Å². The number of nitrogens with one attached hydrogen (secondary N) is 2. The van der Waals surface area contributed by atoms with Crippen molar-refractivity contribution in [2.45, 2.75) is 57.6 Å². The van der Waals surface area contributed by atoms with Crippen molar-refractivity contribution in [2.24, 2.45) is 0 Å². The third-order valence-electron chi connectivity index (χ3n) is 3.25. The average Bonchev–Trinajstić information content (AvgIpc) is 2.42. The van der Waals surface area contributed by atoms with E-state index in [-0.39, 0.29) is 12.2 Å². The quantitative estimate of drug-likeness (QED) is 0.261. The van der Waals surface area contributed by atoms with Gasteiger partial charge in [0.25, 0.3) is 0 Å². The highest BCUT2D eigenvalue weighted by Gasteiger charge is 2.36. The standard InChI is InChI=1S/C14H28N2O5S/c1-5-20-11(21-6-2)8-7-9-15-12(17)14(4,22)10(3)16-13(18)19/h10-11,16,22H,5-9H2,1-4H3,(H,15,17)(H,18,19). The molecular formula is C14H28N2O5S. The minimum atomic E-state index is -1.18. The van der Waals surface area contributed by atoms with Gasteiger partial charge in [0.05, 0.1) is 6.04 Å². The fourth-order valence-electron chi connectivity index (χ4n) is 1.76. The number of thiol groups is 1. The largest absolute Gasteiger partial charge is 0.465 e. The Morgan fingerprint density at radius 3 is 2.27 bits per heavy atom. The average molecular weight is 336 g/mol. The maximum absolute atomic E-state index is 12.1. The Morgan fingerprint density at radius 1 is 1.27 bits per heavy atom. The first-order valence-corrected chi connectivity index (χ1v) is 7.93. The Morgan fingerprint density at radius 2 is 1.82 bits per heavy atom. The van der Waals surface area contributed by atoms with E-state index >= 15 is 0 Å². The number of carboxylic acid groups (broad SMARTS) is 1. The Labute approximate surface area is 137 Å². The van der Waals surface area contributed by atoms with E-state index in [4.69, 9.17) is 14.6 Å². The van der Waals surface area contributed by atoms with Crippen LogP contribution in [0.3, 0.4) is 0 Å². The van der Waals surface area contributed by atoms with Crippen molar-refractivity contribution in [1.29, 1.82) is 0 Å². The molecule has 0 aliphatic heterocycles. The lowest BCUT2D eigenvalue weighted by atomic mass is 10.0. The van der Waals surface area contributed by atoms with Gasteiger partial charge in [0.1, 0.15) is 4.75 Å². The van der Waals surface area contributed by atoms with Gasteiger partial charge in [-0.1, -0.05) is 0 Å². The second-order valence-corrected chi connectivity index (χ2v) is 5.99. The van der Waals surface area contributed by atoms with Crippen molar-refractivity contribution >= 4 is 24.6 Å². The van der Waals surface area contributed by atoms with Crippen molar-refractivity contribution in [1.82, 2.24) is 10.6 Å². The van der Waals surface area contributed by atoms with Crippen LogP contribution in [-0.4, -0.2) is 53.9 Å². The summed E-state index contributed by atoms with van der Waals surface area (Å²) in [6.07, 6.45) is -0.0754. The highest BCUT2D eigenvalue weighted by atomic mass is 32.1. The van der Waals surface area contributed by atoms with Gasteiger partial charge in [0.2, 0.25) is 5.91 Å². The fourth-order valence-corrected chi connectivity index (χ4v) is 1.90. The second-order valence-electron chi connectivity index (χ2n) is 5.06. The van der Waals surface area contributed by atoms with E-state index in [1.54, 1.807) is 13.8 Å². The molecule has 0 fully saturated rings. The molecule has 8 heteroatoms. The molecule has 0 aliphatic rings. The summed E-state index contributed by atoms with van der Waals surface area (Å²) >= 11 is 4.27. The number of hydrogen-bond acceptors (Lipinski definition) is 5. The first-order valence-electron chi connectivity index (χ1n) is 7.48. The van der Waals surface area contributed by atoms with Crippen molar-refractivity contribution in [3.05, 3.63) is 0 Å². The van der Waals surface area contributed by atoms with Crippen LogP contribution in [0.25, 0.3) is 0 Å². The molecule has 0 aromatic heterocycles. The minimum Gasteiger partial charge on any atom is -0.465 e. The summed E-state index contributed by atoms with van der Waals surface area (Å²) in [5.41, 5.74) is 0. The lowest BCUT2D eigenvalue weighted by molar-refractivity contribution is -0.140. The minimum absolute atomic E-state index is 0.262. The molecule has 0 rings (SSSR count). The molecule has 0 spiro atoms. The monoisotopic (exact) mass is 336 g/mol. The molecule has 7 nitrogen and oxygen atoms in total. The van der Waals surface area contributed by atoms with E-state index in [1.807, 2.05) is 13.8 Å². The van der Waals surface area contributed by atoms with E-state index in [0.717, 1.165) is 0 Å². The predicted octanol–water partition coefficient (Wildman–Crippen LogP) is 1.63. The second kappa shape index (κ2) is 10.7. The van der Waals surface area contributed by atoms with E-state index in [2.05, 4.69) is 23.3 Å². The molecule has 2 unspecified atom stereocenters. The molecule has 0 aliphatic carbocycles. The molecule has 2 amide bonds. The van der Waals surface area contributed by atoms with Gasteiger partial charge < -0.3 is 25.2 Å². The van der Waals surface area contributed by atoms with Crippen LogP contribution >= 0.6 is 12.6 Å². The van der Waals surface area contributed by atoms with Crippen molar-refractivity contribution < 1.29 is 24.2 Å². The highest BCUT2D eigenvalue weighted by molar-refractivity contribution is 7.82. The number of rotatable bonds is 11. The Hall–Kier alpha value is -0.990. The summed E-state index contributed by atoms with van der Waals surface area (Å²) in [6.45, 7) is 8.57. The Kier molecular flexibility index (Phi) is 10.2. The van der Waals surface area contributed by atoms with Crippen LogP contribution in [-0.2, 0) is 14.3 Å². The molecule has 0 radical (unpaired) electrons. The van der Waals surface area contributed by atoms with Crippen molar-refractivity contribution in [3.8, 4) is 0 Å². The van der Waals surface area contributed by atoms with Gasteiger partial charge in [-0.2, -0.15) is 12.6 Å². The van der Waals surface area contributed by atoms with E-state index in [0.29, 0.717) is 32.6 Å². The van der Waals surface area contributed by atoms with Crippen LogP contribution < -0.4 is 10.6 Å². The maximum atomic E-state index is 12.1. The third-order valence-corrected chi connectivity index (χ3v) is 3.84. The molecule has 0 aromatic carbocycles. The maximum Gasteiger partial charge on any atom is 0.404 e. The zero-order chi connectivity index (χ0) is 17.2. The van der Waals surface area contributed by atoms with Gasteiger partial charge in [-0.15, -0.1) is 0 Å². The predicted molar refractivity (Wildman–Crippen MR) is 87.3 cm³/mol. The van der Waals surface area contributed by atoms with Crippen LogP contribution in [0.1, 0.15) is 40.5 Å². The lowest BCUT2D eigenvalue weighted by Crippen LogP contribution is -2.54. The van der Waals surface area contributed by atoms with Gasteiger partial charge in [0, 0.05) is 26.2 Å². The molecule has 2 atom stereocenters. The Balaban J connectivity index is 4.18. The molecule has 0 heterocycles. The number of hydrogen-bond donors (Lipinski definition) is 4. The smallest absolute Gasteiger partial charge is 0.404 e. The molecule has 0 saturated heterocycles. The van der Waals surface area contributed by atoms with Crippen molar-refractivity contribution in [3.63, 3.8) is 0 Å². The van der Waals surface area contributed by atoms with Gasteiger partial charge in [-0.3, -0.25) is 4.79 Å². The summed E-state index contributed by atoms with van der Waals surface area (Å²) in [4.78, 5) is 22.7. The fraction of sp³-hybridized carbons (Fsp3) is 0.857. The van der Waals surface area contributed by atoms with Gasteiger partial charge in [-0.05, 0) is 34.1 Å². The molecule has 0 bridgehead atoms. The third kappa shape index (κ3) is 7.86. The molecular weight excluding hydrogens is 308 g/mol. The first kappa shape index (κ1) is 21.0. The molecule has 130 valence electrons. The van der Waals surface area contributed by atoms with Crippen LogP contribution in [0.5, 0.6) is 0 Å². The zero-order valence-corrected chi connectivity index (χ0v) is 14.6. The van der Waals surface area contributed by atoms with E-state index < -0.39 is 16.9 Å². The van der Waals surface area contributed by atoms with Crippen LogP contribution in [0, 0.1) is 0 Å². The van der Waals surface area contributed by atoms with Gasteiger partial charge in [-0.25, -0.2) is 4.79 Å². The summed E-state index contributed by atoms with van der Waals surface area (Å²) in [7, 11) is 0. The van der Waals surface area contributed by atoms with Gasteiger partial charge >= 0.3 is 6.09 Å². The normalized spacial score (nSPS) is 15.2. The summed E-state index contributed by atoms with van der Waals surface area (Å²) in [5, 5.41) is 13.7. The molecule has 0 aromatic rings. The van der Waals surface area contributed by atoms with Crippen molar-refractivity contribution in [2.75, 3.05) is 19.8 Å². The van der Waals surface area contributed by atoms with Crippen LogP contribution in [0.2, 0.25) is 0 Å². The highest BCUT2D eigenvalue weighted by Crippen LogP contribution is 2.19.